The van der Waals surface area contributed by atoms with E-state index in [0.717, 1.165) is 42.8 Å². The van der Waals surface area contributed by atoms with Gasteiger partial charge in [0.25, 0.3) is 0 Å². The molecule has 1 saturated heterocycles. The normalized spacial score (nSPS) is 23.3. The molecule has 0 amide bonds. The van der Waals surface area contributed by atoms with E-state index in [1.54, 1.807) is 6.20 Å². The van der Waals surface area contributed by atoms with E-state index in [0.29, 0.717) is 6.54 Å². The average Bonchev–Trinajstić information content (AvgIpc) is 2.96. The van der Waals surface area contributed by atoms with E-state index in [4.69, 9.17) is 5.73 Å². The lowest BCUT2D eigenvalue weighted by molar-refractivity contribution is 0.0902. The van der Waals surface area contributed by atoms with Crippen LogP contribution in [0.2, 0.25) is 0 Å². The molecule has 1 atom stereocenters. The minimum atomic E-state index is -0.476. The number of nitrogens with two attached hydrogens (primary N) is 1. The number of pyridine rings is 1. The van der Waals surface area contributed by atoms with Crippen molar-refractivity contribution < 1.29 is 5.11 Å². The van der Waals surface area contributed by atoms with Crippen LogP contribution in [0.3, 0.4) is 0 Å². The molecule has 0 aromatic carbocycles. The molecule has 6 nitrogen and oxygen atoms in total. The Morgan fingerprint density at radius 1 is 1.43 bits per heavy atom. The summed E-state index contributed by atoms with van der Waals surface area (Å²) in [5.74, 6) is 0. The predicted molar refractivity (Wildman–Crippen MR) is 80.3 cm³/mol. The van der Waals surface area contributed by atoms with E-state index in [1.165, 1.54) is 0 Å². The topological polar surface area (TPSA) is 91.1 Å². The zero-order valence-corrected chi connectivity index (χ0v) is 12.0. The second-order valence-corrected chi connectivity index (χ2v) is 5.85. The molecule has 1 fully saturated rings. The highest BCUT2D eigenvalue weighted by molar-refractivity contribution is 5.61. The first-order valence-corrected chi connectivity index (χ1v) is 7.25. The average molecular weight is 287 g/mol. The number of rotatable bonds is 4. The molecule has 3 rings (SSSR count). The molecule has 4 N–H and O–H groups in total. The maximum Gasteiger partial charge on any atom is 0.0710 e. The molecule has 0 spiro atoms. The fourth-order valence-corrected chi connectivity index (χ4v) is 2.95. The number of aromatic nitrogens is 3. The van der Waals surface area contributed by atoms with Crippen LogP contribution < -0.4 is 5.73 Å². The number of nitrogens with zero attached hydrogens (tertiary/aromatic N) is 3. The van der Waals surface area contributed by atoms with Gasteiger partial charge in [0, 0.05) is 36.6 Å². The van der Waals surface area contributed by atoms with Crippen molar-refractivity contribution in [3.05, 3.63) is 36.3 Å². The van der Waals surface area contributed by atoms with Crippen LogP contribution in [0.4, 0.5) is 0 Å². The number of hydrogen-bond donors (Lipinski definition) is 3. The lowest BCUT2D eigenvalue weighted by Gasteiger charge is -2.39. The van der Waals surface area contributed by atoms with Crippen LogP contribution in [0, 0.1) is 0 Å². The van der Waals surface area contributed by atoms with Crippen molar-refractivity contribution in [2.75, 3.05) is 19.7 Å². The molecule has 0 radical (unpaired) electrons. The standard InChI is InChI=1S/C15H21N5O/c16-15(11-21)4-2-6-20(10-15)9-13-8-18-19-14(13)12-3-1-5-17-7-12/h1,3,5,7-8,21H,2,4,6,9-11,16H2,(H,18,19). The summed E-state index contributed by atoms with van der Waals surface area (Å²) in [6.07, 6.45) is 7.33. The second kappa shape index (κ2) is 5.93. The van der Waals surface area contributed by atoms with E-state index in [2.05, 4.69) is 20.1 Å². The molecule has 0 saturated carbocycles. The third-order valence-electron chi connectivity index (χ3n) is 4.06. The van der Waals surface area contributed by atoms with Gasteiger partial charge in [-0.25, -0.2) is 0 Å². The number of piperidine rings is 1. The highest BCUT2D eigenvalue weighted by atomic mass is 16.3. The fourth-order valence-electron chi connectivity index (χ4n) is 2.95. The number of hydrogen-bond acceptors (Lipinski definition) is 5. The smallest absolute Gasteiger partial charge is 0.0710 e. The lowest BCUT2D eigenvalue weighted by atomic mass is 9.91. The van der Waals surface area contributed by atoms with Gasteiger partial charge in [0.1, 0.15) is 0 Å². The first-order valence-electron chi connectivity index (χ1n) is 7.25. The van der Waals surface area contributed by atoms with Gasteiger partial charge in [-0.05, 0) is 31.5 Å². The number of nitrogens with one attached hydrogen (secondary N) is 1. The highest BCUT2D eigenvalue weighted by Crippen LogP contribution is 2.24. The van der Waals surface area contributed by atoms with E-state index >= 15 is 0 Å². The molecule has 3 heterocycles. The molecular formula is C15H21N5O. The molecule has 6 heteroatoms. The largest absolute Gasteiger partial charge is 0.394 e. The molecule has 2 aromatic heterocycles. The van der Waals surface area contributed by atoms with Gasteiger partial charge >= 0.3 is 0 Å². The molecule has 21 heavy (non-hydrogen) atoms. The number of H-pyrrole nitrogens is 1. The van der Waals surface area contributed by atoms with Crippen LogP contribution >= 0.6 is 0 Å². The Labute approximate surface area is 124 Å². The summed E-state index contributed by atoms with van der Waals surface area (Å²) in [4.78, 5) is 6.43. The maximum absolute atomic E-state index is 9.45. The summed E-state index contributed by atoms with van der Waals surface area (Å²) >= 11 is 0. The fraction of sp³-hybridized carbons (Fsp3) is 0.467. The van der Waals surface area contributed by atoms with Crippen LogP contribution in [0.15, 0.2) is 30.7 Å². The summed E-state index contributed by atoms with van der Waals surface area (Å²) in [7, 11) is 0. The number of likely N-dealkylation sites (tertiary alicyclic amines) is 1. The highest BCUT2D eigenvalue weighted by Gasteiger charge is 2.31. The third kappa shape index (κ3) is 3.12. The van der Waals surface area contributed by atoms with Crippen LogP contribution in [-0.2, 0) is 6.54 Å². The summed E-state index contributed by atoms with van der Waals surface area (Å²) in [6.45, 7) is 2.52. The number of aliphatic hydroxyl groups is 1. The Morgan fingerprint density at radius 3 is 3.10 bits per heavy atom. The van der Waals surface area contributed by atoms with Crippen molar-refractivity contribution >= 4 is 0 Å². The minimum Gasteiger partial charge on any atom is -0.394 e. The van der Waals surface area contributed by atoms with Gasteiger partial charge in [-0.1, -0.05) is 0 Å². The van der Waals surface area contributed by atoms with Gasteiger partial charge in [0.05, 0.1) is 24.0 Å². The minimum absolute atomic E-state index is 0.0321. The van der Waals surface area contributed by atoms with Crippen molar-refractivity contribution in [3.8, 4) is 11.3 Å². The van der Waals surface area contributed by atoms with E-state index < -0.39 is 5.54 Å². The van der Waals surface area contributed by atoms with Crippen molar-refractivity contribution in [1.29, 1.82) is 0 Å². The summed E-state index contributed by atoms with van der Waals surface area (Å²) in [6, 6.07) is 3.93. The van der Waals surface area contributed by atoms with Crippen LogP contribution in [0.5, 0.6) is 0 Å². The Morgan fingerprint density at radius 2 is 2.33 bits per heavy atom. The first kappa shape index (κ1) is 14.2. The van der Waals surface area contributed by atoms with Crippen molar-refractivity contribution in [3.63, 3.8) is 0 Å². The van der Waals surface area contributed by atoms with Gasteiger partial charge in [0.15, 0.2) is 0 Å². The Hall–Kier alpha value is -1.76. The maximum atomic E-state index is 9.45. The molecule has 0 bridgehead atoms. The molecule has 1 aliphatic rings. The van der Waals surface area contributed by atoms with E-state index in [-0.39, 0.29) is 6.61 Å². The zero-order valence-electron chi connectivity index (χ0n) is 12.0. The van der Waals surface area contributed by atoms with Gasteiger partial charge in [-0.2, -0.15) is 5.10 Å². The monoisotopic (exact) mass is 287 g/mol. The number of aromatic amines is 1. The zero-order chi connectivity index (χ0) is 14.7. The number of aliphatic hydroxyl groups excluding tert-OH is 1. The van der Waals surface area contributed by atoms with Crippen LogP contribution in [0.25, 0.3) is 11.3 Å². The Kier molecular flexibility index (Phi) is 4.01. The van der Waals surface area contributed by atoms with E-state index in [1.807, 2.05) is 24.5 Å². The SMILES string of the molecule is NC1(CO)CCCN(Cc2cn[nH]c2-c2cccnc2)C1. The van der Waals surface area contributed by atoms with Gasteiger partial charge in [-0.15, -0.1) is 0 Å². The van der Waals surface area contributed by atoms with Gasteiger partial charge in [-0.3, -0.25) is 15.0 Å². The predicted octanol–water partition coefficient (Wildman–Crippen LogP) is 0.757. The Balaban J connectivity index is 1.76. The van der Waals surface area contributed by atoms with E-state index in [9.17, 15) is 5.11 Å². The van der Waals surface area contributed by atoms with Crippen molar-refractivity contribution in [2.45, 2.75) is 24.9 Å². The third-order valence-corrected chi connectivity index (χ3v) is 4.06. The molecule has 112 valence electrons. The molecule has 1 unspecified atom stereocenters. The molecule has 2 aromatic rings. The van der Waals surface area contributed by atoms with Gasteiger partial charge < -0.3 is 10.8 Å². The summed E-state index contributed by atoms with van der Waals surface area (Å²) in [5, 5.41) is 16.7. The molecular weight excluding hydrogens is 266 g/mol. The van der Waals surface area contributed by atoms with Crippen molar-refractivity contribution in [2.24, 2.45) is 5.73 Å². The molecule has 1 aliphatic heterocycles. The second-order valence-electron chi connectivity index (χ2n) is 5.85. The summed E-state index contributed by atoms with van der Waals surface area (Å²) < 4.78 is 0. The molecule has 0 aliphatic carbocycles. The van der Waals surface area contributed by atoms with Gasteiger partial charge in [0.2, 0.25) is 0 Å². The Bertz CT molecular complexity index is 585. The lowest BCUT2D eigenvalue weighted by Crippen LogP contribution is -2.56. The van der Waals surface area contributed by atoms with Crippen molar-refractivity contribution in [1.82, 2.24) is 20.1 Å². The van der Waals surface area contributed by atoms with Crippen LogP contribution in [-0.4, -0.2) is 50.4 Å². The van der Waals surface area contributed by atoms with Crippen LogP contribution in [0.1, 0.15) is 18.4 Å². The summed E-state index contributed by atoms with van der Waals surface area (Å²) in [5.41, 5.74) is 8.89. The quantitative estimate of drug-likeness (QED) is 0.772. The first-order chi connectivity index (χ1) is 10.2.